The summed E-state index contributed by atoms with van der Waals surface area (Å²) >= 11 is 0. The fourth-order valence-electron chi connectivity index (χ4n) is 7.83. The third kappa shape index (κ3) is 44.2. The number of hydrogen-bond acceptors (Lipinski definition) is 5. The van der Waals surface area contributed by atoms with E-state index in [9.17, 15) is 19.8 Å². The zero-order valence-electron chi connectivity index (χ0n) is 41.0. The molecule has 6 heteroatoms. The highest BCUT2D eigenvalue weighted by Crippen LogP contribution is 2.18. The van der Waals surface area contributed by atoms with Gasteiger partial charge >= 0.3 is 5.97 Å². The molecule has 0 saturated carbocycles. The summed E-state index contributed by atoms with van der Waals surface area (Å²) in [5, 5.41) is 23.8. The van der Waals surface area contributed by atoms with Crippen molar-refractivity contribution in [2.45, 2.75) is 277 Å². The number of unbranched alkanes of at least 4 members (excludes halogenated alkanes) is 25. The second-order valence-corrected chi connectivity index (χ2v) is 17.9. The molecule has 0 spiro atoms. The first-order valence-electron chi connectivity index (χ1n) is 26.5. The van der Waals surface area contributed by atoms with Gasteiger partial charge in [-0.25, -0.2) is 0 Å². The molecule has 0 fully saturated rings. The van der Waals surface area contributed by atoms with Crippen LogP contribution in [0.4, 0.5) is 0 Å². The molecule has 0 heterocycles. The molecule has 0 rings (SSSR count). The fourth-order valence-corrected chi connectivity index (χ4v) is 7.83. The number of amides is 1. The largest absolute Gasteiger partial charge is 0.462 e. The molecule has 0 aromatic heterocycles. The van der Waals surface area contributed by atoms with Crippen molar-refractivity contribution in [3.05, 3.63) is 60.8 Å². The predicted molar refractivity (Wildman–Crippen MR) is 268 cm³/mol. The fraction of sp³-hybridized carbons (Fsp3) is 0.786. The van der Waals surface area contributed by atoms with Crippen molar-refractivity contribution >= 4 is 11.9 Å². The van der Waals surface area contributed by atoms with Gasteiger partial charge in [-0.15, -0.1) is 0 Å². The molecule has 1 amide bonds. The monoisotopic (exact) mass is 868 g/mol. The summed E-state index contributed by atoms with van der Waals surface area (Å²) in [7, 11) is 0. The maximum Gasteiger partial charge on any atom is 0.306 e. The van der Waals surface area contributed by atoms with Crippen molar-refractivity contribution in [1.82, 2.24) is 5.32 Å². The molecule has 3 unspecified atom stereocenters. The van der Waals surface area contributed by atoms with E-state index in [-0.39, 0.29) is 24.9 Å². The van der Waals surface area contributed by atoms with Crippen molar-refractivity contribution in [2.75, 3.05) is 6.61 Å². The summed E-state index contributed by atoms with van der Waals surface area (Å²) in [4.78, 5) is 26.2. The Kier molecular flexibility index (Phi) is 47.6. The van der Waals surface area contributed by atoms with Gasteiger partial charge in [0.2, 0.25) is 5.91 Å². The first kappa shape index (κ1) is 59.6. The molecule has 0 aliphatic heterocycles. The van der Waals surface area contributed by atoms with Crippen LogP contribution in [0.5, 0.6) is 0 Å². The van der Waals surface area contributed by atoms with Crippen LogP contribution in [0.25, 0.3) is 0 Å². The van der Waals surface area contributed by atoms with Crippen LogP contribution in [0.15, 0.2) is 60.8 Å². The van der Waals surface area contributed by atoms with E-state index in [2.05, 4.69) is 86.8 Å². The van der Waals surface area contributed by atoms with E-state index in [0.717, 1.165) is 103 Å². The summed E-state index contributed by atoms with van der Waals surface area (Å²) in [6.45, 7) is 6.35. The van der Waals surface area contributed by atoms with Crippen LogP contribution in [0, 0.1) is 0 Å². The van der Waals surface area contributed by atoms with E-state index in [1.807, 2.05) is 0 Å². The van der Waals surface area contributed by atoms with E-state index in [1.165, 1.54) is 109 Å². The first-order chi connectivity index (χ1) is 30.5. The van der Waals surface area contributed by atoms with E-state index in [4.69, 9.17) is 4.74 Å². The van der Waals surface area contributed by atoms with Gasteiger partial charge in [0.05, 0.1) is 25.2 Å². The number of hydrogen-bond donors (Lipinski definition) is 3. The topological polar surface area (TPSA) is 95.9 Å². The summed E-state index contributed by atoms with van der Waals surface area (Å²) in [5.74, 6) is -0.502. The molecule has 62 heavy (non-hydrogen) atoms. The summed E-state index contributed by atoms with van der Waals surface area (Å²) < 4.78 is 5.93. The number of carbonyl (C=O) groups is 2. The van der Waals surface area contributed by atoms with Crippen molar-refractivity contribution in [3.63, 3.8) is 0 Å². The van der Waals surface area contributed by atoms with Gasteiger partial charge in [-0.3, -0.25) is 9.59 Å². The van der Waals surface area contributed by atoms with E-state index in [0.29, 0.717) is 19.3 Å². The van der Waals surface area contributed by atoms with Crippen LogP contribution in [-0.4, -0.2) is 46.9 Å². The van der Waals surface area contributed by atoms with Gasteiger partial charge in [0, 0.05) is 6.42 Å². The zero-order chi connectivity index (χ0) is 45.2. The second-order valence-electron chi connectivity index (χ2n) is 17.9. The van der Waals surface area contributed by atoms with Crippen molar-refractivity contribution in [2.24, 2.45) is 0 Å². The maximum atomic E-state index is 13.2. The number of aliphatic hydroxyl groups excluding tert-OH is 2. The highest BCUT2D eigenvalue weighted by atomic mass is 16.5. The zero-order valence-corrected chi connectivity index (χ0v) is 41.0. The Labute approximate surface area is 384 Å². The minimum atomic E-state index is -0.796. The Morgan fingerprint density at radius 2 is 0.871 bits per heavy atom. The standard InChI is InChI=1S/C56H101NO5/c1-4-7-10-13-16-19-22-25-27-28-29-30-32-35-38-41-44-47-52(62-56(61)49-46-43-40-37-34-31-26-23-20-17-14-11-8-5-2)50-55(60)57-53(51-58)54(59)48-45-42-39-36-33-24-21-18-15-12-9-6-3/h8,11,16-17,19-20,25,27,29-30,52-54,58-59H,4-7,9-10,12-15,18,21-24,26,28,31-51H2,1-3H3,(H,57,60)/b11-8+,19-16-,20-17+,27-25-,30-29-. The van der Waals surface area contributed by atoms with Gasteiger partial charge in [0.25, 0.3) is 0 Å². The number of nitrogens with one attached hydrogen (secondary N) is 1. The lowest BCUT2D eigenvalue weighted by atomic mass is 10.0. The van der Waals surface area contributed by atoms with Crippen LogP contribution in [0.3, 0.4) is 0 Å². The third-order valence-corrected chi connectivity index (χ3v) is 11.8. The molecular formula is C56H101NO5. The van der Waals surface area contributed by atoms with Crippen LogP contribution >= 0.6 is 0 Å². The summed E-state index contributed by atoms with van der Waals surface area (Å²) in [6.07, 6.45) is 61.3. The second kappa shape index (κ2) is 49.6. The van der Waals surface area contributed by atoms with E-state index >= 15 is 0 Å². The number of esters is 1. The molecule has 3 N–H and O–H groups in total. The van der Waals surface area contributed by atoms with Gasteiger partial charge in [-0.2, -0.15) is 0 Å². The van der Waals surface area contributed by atoms with Gasteiger partial charge < -0.3 is 20.3 Å². The highest BCUT2D eigenvalue weighted by molar-refractivity contribution is 5.77. The lowest BCUT2D eigenvalue weighted by Gasteiger charge is -2.24. The van der Waals surface area contributed by atoms with Crippen LogP contribution in [0.1, 0.15) is 258 Å². The third-order valence-electron chi connectivity index (χ3n) is 11.8. The normalized spacial score (nSPS) is 13.7. The molecule has 0 aromatic rings. The number of rotatable bonds is 47. The van der Waals surface area contributed by atoms with Crippen LogP contribution in [-0.2, 0) is 14.3 Å². The average molecular weight is 868 g/mol. The van der Waals surface area contributed by atoms with E-state index in [1.54, 1.807) is 0 Å². The SMILES string of the molecule is CC/C=C/C/C=C/CCCCCCCCCC(=O)OC(CCCCCC/C=C\C/C=C\C/C=C\CCCCC)CC(=O)NC(CO)C(O)CCCCCCCCCCCCCC. The number of aliphatic hydroxyl groups is 2. The number of ether oxygens (including phenoxy) is 1. The molecule has 0 aliphatic rings. The molecule has 360 valence electrons. The Morgan fingerprint density at radius 1 is 0.484 bits per heavy atom. The minimum Gasteiger partial charge on any atom is -0.462 e. The van der Waals surface area contributed by atoms with Gasteiger partial charge in [-0.1, -0.05) is 216 Å². The van der Waals surface area contributed by atoms with E-state index < -0.39 is 18.2 Å². The Bertz CT molecular complexity index is 1110. The molecule has 0 radical (unpaired) electrons. The molecule has 0 saturated heterocycles. The average Bonchev–Trinajstić information content (AvgIpc) is 3.26. The Morgan fingerprint density at radius 3 is 1.35 bits per heavy atom. The Hall–Kier alpha value is -2.44. The maximum absolute atomic E-state index is 13.2. The predicted octanol–water partition coefficient (Wildman–Crippen LogP) is 16.0. The van der Waals surface area contributed by atoms with Crippen molar-refractivity contribution in [1.29, 1.82) is 0 Å². The lowest BCUT2D eigenvalue weighted by molar-refractivity contribution is -0.151. The number of carbonyl (C=O) groups excluding carboxylic acids is 2. The smallest absolute Gasteiger partial charge is 0.306 e. The molecule has 0 bridgehead atoms. The summed E-state index contributed by atoms with van der Waals surface area (Å²) in [5.41, 5.74) is 0. The van der Waals surface area contributed by atoms with Gasteiger partial charge in [-0.05, 0) is 89.9 Å². The Balaban J connectivity index is 4.65. The van der Waals surface area contributed by atoms with Gasteiger partial charge in [0.1, 0.15) is 6.10 Å². The molecule has 3 atom stereocenters. The first-order valence-corrected chi connectivity index (χ1v) is 26.5. The lowest BCUT2D eigenvalue weighted by Crippen LogP contribution is -2.46. The molecule has 6 nitrogen and oxygen atoms in total. The van der Waals surface area contributed by atoms with Crippen molar-refractivity contribution < 1.29 is 24.5 Å². The van der Waals surface area contributed by atoms with Crippen LogP contribution < -0.4 is 5.32 Å². The molecule has 0 aliphatic carbocycles. The van der Waals surface area contributed by atoms with Crippen LogP contribution in [0.2, 0.25) is 0 Å². The molecular weight excluding hydrogens is 767 g/mol. The number of allylic oxidation sites excluding steroid dienone is 10. The molecule has 0 aromatic carbocycles. The quantitative estimate of drug-likeness (QED) is 0.0322. The van der Waals surface area contributed by atoms with Crippen molar-refractivity contribution in [3.8, 4) is 0 Å². The highest BCUT2D eigenvalue weighted by Gasteiger charge is 2.24. The minimum absolute atomic E-state index is 0.0586. The van der Waals surface area contributed by atoms with Gasteiger partial charge in [0.15, 0.2) is 0 Å². The summed E-state index contributed by atoms with van der Waals surface area (Å²) in [6, 6.07) is -0.711.